The standard InChI is InChI=1S/C5H10O5S/c1-3(2)4(5(6)7)11(8,9)10/h3-4H,1-2H3,(H,6,7)(H,8,9,10)/t4-/m0/s1. The zero-order valence-electron chi connectivity index (χ0n) is 6.18. The minimum atomic E-state index is -4.46. The van der Waals surface area contributed by atoms with E-state index in [-0.39, 0.29) is 0 Å². The molecule has 0 bridgehead atoms. The fourth-order valence-electron chi connectivity index (χ4n) is 0.756. The topological polar surface area (TPSA) is 91.7 Å². The van der Waals surface area contributed by atoms with E-state index in [0.29, 0.717) is 0 Å². The first-order valence-corrected chi connectivity index (χ1v) is 4.46. The number of carboxylic acid groups (broad SMARTS) is 1. The van der Waals surface area contributed by atoms with Gasteiger partial charge in [-0.1, -0.05) is 13.8 Å². The van der Waals surface area contributed by atoms with Crippen molar-refractivity contribution in [3.8, 4) is 0 Å². The van der Waals surface area contributed by atoms with Crippen LogP contribution in [0.25, 0.3) is 0 Å². The lowest BCUT2D eigenvalue weighted by molar-refractivity contribution is -0.137. The minimum absolute atomic E-state index is 0.637. The van der Waals surface area contributed by atoms with Crippen molar-refractivity contribution in [2.24, 2.45) is 5.92 Å². The normalized spacial score (nSPS) is 14.9. The second-order valence-corrected chi connectivity index (χ2v) is 4.06. The molecule has 2 N–H and O–H groups in total. The van der Waals surface area contributed by atoms with E-state index in [1.807, 2.05) is 0 Å². The molecular formula is C5H10O5S. The molecule has 0 aliphatic carbocycles. The lowest BCUT2D eigenvalue weighted by Crippen LogP contribution is -2.34. The molecule has 0 aliphatic rings. The molecule has 1 atom stereocenters. The lowest BCUT2D eigenvalue weighted by Gasteiger charge is -2.11. The summed E-state index contributed by atoms with van der Waals surface area (Å²) in [5.41, 5.74) is 0. The maximum Gasteiger partial charge on any atom is 0.324 e. The van der Waals surface area contributed by atoms with Gasteiger partial charge in [0.2, 0.25) is 0 Å². The molecule has 11 heavy (non-hydrogen) atoms. The fourth-order valence-corrected chi connectivity index (χ4v) is 1.70. The van der Waals surface area contributed by atoms with Crippen LogP contribution in [0.4, 0.5) is 0 Å². The summed E-state index contributed by atoms with van der Waals surface area (Å²) in [7, 11) is -4.46. The molecule has 5 nitrogen and oxygen atoms in total. The first-order valence-electron chi connectivity index (χ1n) is 2.96. The van der Waals surface area contributed by atoms with Crippen LogP contribution in [0.15, 0.2) is 0 Å². The zero-order valence-corrected chi connectivity index (χ0v) is 7.00. The van der Waals surface area contributed by atoms with Crippen molar-refractivity contribution in [1.82, 2.24) is 0 Å². The van der Waals surface area contributed by atoms with Crippen LogP contribution in [0.1, 0.15) is 13.8 Å². The highest BCUT2D eigenvalue weighted by molar-refractivity contribution is 7.87. The van der Waals surface area contributed by atoms with Crippen molar-refractivity contribution >= 4 is 16.1 Å². The lowest BCUT2D eigenvalue weighted by atomic mass is 10.1. The van der Waals surface area contributed by atoms with Crippen LogP contribution in [0.5, 0.6) is 0 Å². The van der Waals surface area contributed by atoms with Gasteiger partial charge in [0.1, 0.15) is 0 Å². The highest BCUT2D eigenvalue weighted by Gasteiger charge is 2.33. The summed E-state index contributed by atoms with van der Waals surface area (Å²) in [5.74, 6) is -2.16. The first kappa shape index (κ1) is 10.4. The van der Waals surface area contributed by atoms with Gasteiger partial charge in [-0.25, -0.2) is 0 Å². The first-order chi connectivity index (χ1) is 4.76. The smallest absolute Gasteiger partial charge is 0.324 e. The molecule has 0 saturated carbocycles. The van der Waals surface area contributed by atoms with Crippen LogP contribution < -0.4 is 0 Å². The summed E-state index contributed by atoms with van der Waals surface area (Å²) < 4.78 is 29.2. The predicted octanol–water partition coefficient (Wildman–Crippen LogP) is -0.0166. The molecule has 66 valence electrons. The molecule has 0 spiro atoms. The summed E-state index contributed by atoms with van der Waals surface area (Å²) in [4.78, 5) is 10.2. The summed E-state index contributed by atoms with van der Waals surface area (Å²) >= 11 is 0. The molecule has 0 fully saturated rings. The molecule has 0 rings (SSSR count). The van der Waals surface area contributed by atoms with Gasteiger partial charge >= 0.3 is 5.97 Å². The summed E-state index contributed by atoms with van der Waals surface area (Å²) in [5, 5.41) is 6.62. The molecule has 0 aromatic carbocycles. The molecule has 0 aromatic rings. The number of hydrogen-bond acceptors (Lipinski definition) is 3. The number of carbonyl (C=O) groups is 1. The van der Waals surface area contributed by atoms with Gasteiger partial charge in [-0.3, -0.25) is 9.35 Å². The third-order valence-electron chi connectivity index (χ3n) is 1.17. The molecule has 0 saturated heterocycles. The average molecular weight is 182 g/mol. The Hall–Kier alpha value is -0.620. The quantitative estimate of drug-likeness (QED) is 0.598. The average Bonchev–Trinajstić information content (AvgIpc) is 1.54. The van der Waals surface area contributed by atoms with Crippen LogP contribution >= 0.6 is 0 Å². The van der Waals surface area contributed by atoms with Gasteiger partial charge in [-0.15, -0.1) is 0 Å². The molecule has 0 aromatic heterocycles. The Morgan fingerprint density at radius 2 is 1.73 bits per heavy atom. The Morgan fingerprint density at radius 3 is 1.73 bits per heavy atom. The van der Waals surface area contributed by atoms with Crippen molar-refractivity contribution < 1.29 is 22.9 Å². The van der Waals surface area contributed by atoms with Crippen LogP contribution in [0.2, 0.25) is 0 Å². The second kappa shape index (κ2) is 3.19. The Kier molecular flexibility index (Phi) is 3.01. The number of hydrogen-bond donors (Lipinski definition) is 2. The summed E-state index contributed by atoms with van der Waals surface area (Å²) in [6.45, 7) is 2.82. The van der Waals surface area contributed by atoms with Crippen LogP contribution in [-0.4, -0.2) is 29.3 Å². The zero-order chi connectivity index (χ0) is 9.23. The van der Waals surface area contributed by atoms with Crippen molar-refractivity contribution in [2.75, 3.05) is 0 Å². The van der Waals surface area contributed by atoms with Crippen molar-refractivity contribution in [3.05, 3.63) is 0 Å². The Balaban J connectivity index is 4.79. The molecule has 6 heteroatoms. The number of rotatable bonds is 3. The third-order valence-corrected chi connectivity index (χ3v) is 2.56. The van der Waals surface area contributed by atoms with Crippen LogP contribution in [0, 0.1) is 5.92 Å². The van der Waals surface area contributed by atoms with E-state index in [0.717, 1.165) is 0 Å². The summed E-state index contributed by atoms with van der Waals surface area (Å²) in [6.07, 6.45) is 0. The van der Waals surface area contributed by atoms with Gasteiger partial charge in [-0.2, -0.15) is 8.42 Å². The Bertz CT molecular complexity index is 240. The Morgan fingerprint density at radius 1 is 1.36 bits per heavy atom. The molecular weight excluding hydrogens is 172 g/mol. The van der Waals surface area contributed by atoms with Gasteiger partial charge in [0.25, 0.3) is 10.1 Å². The number of aliphatic carboxylic acids is 1. The van der Waals surface area contributed by atoms with E-state index >= 15 is 0 Å². The molecule has 0 radical (unpaired) electrons. The molecule has 0 amide bonds. The Labute approximate surface area is 64.8 Å². The molecule has 0 unspecified atom stereocenters. The highest BCUT2D eigenvalue weighted by Crippen LogP contribution is 2.10. The van der Waals surface area contributed by atoms with Gasteiger partial charge in [0.05, 0.1) is 0 Å². The SMILES string of the molecule is CC(C)[C@@H](C(=O)O)S(=O)(=O)O. The van der Waals surface area contributed by atoms with Gasteiger partial charge < -0.3 is 5.11 Å². The van der Waals surface area contributed by atoms with E-state index in [9.17, 15) is 13.2 Å². The van der Waals surface area contributed by atoms with E-state index in [1.54, 1.807) is 0 Å². The van der Waals surface area contributed by atoms with E-state index in [4.69, 9.17) is 9.66 Å². The van der Waals surface area contributed by atoms with Gasteiger partial charge in [0.15, 0.2) is 5.25 Å². The monoisotopic (exact) mass is 182 g/mol. The van der Waals surface area contributed by atoms with Gasteiger partial charge in [-0.05, 0) is 5.92 Å². The predicted molar refractivity (Wildman–Crippen MR) is 37.8 cm³/mol. The maximum atomic E-state index is 10.4. The molecule has 0 aliphatic heterocycles. The van der Waals surface area contributed by atoms with E-state index < -0.39 is 27.3 Å². The maximum absolute atomic E-state index is 10.4. The van der Waals surface area contributed by atoms with Crippen molar-refractivity contribution in [1.29, 1.82) is 0 Å². The summed E-state index contributed by atoms with van der Waals surface area (Å²) in [6, 6.07) is 0. The third kappa shape index (κ3) is 2.85. The van der Waals surface area contributed by atoms with Crippen LogP contribution in [0.3, 0.4) is 0 Å². The van der Waals surface area contributed by atoms with Gasteiger partial charge in [0, 0.05) is 0 Å². The minimum Gasteiger partial charge on any atom is -0.480 e. The van der Waals surface area contributed by atoms with E-state index in [2.05, 4.69) is 0 Å². The van der Waals surface area contributed by atoms with Crippen molar-refractivity contribution in [3.63, 3.8) is 0 Å². The second-order valence-electron chi connectivity index (χ2n) is 2.52. The largest absolute Gasteiger partial charge is 0.480 e. The van der Waals surface area contributed by atoms with Crippen LogP contribution in [-0.2, 0) is 14.9 Å². The molecule has 0 heterocycles. The highest BCUT2D eigenvalue weighted by atomic mass is 32.2. The fraction of sp³-hybridized carbons (Fsp3) is 0.800. The van der Waals surface area contributed by atoms with Crippen molar-refractivity contribution in [2.45, 2.75) is 19.1 Å². The van der Waals surface area contributed by atoms with E-state index in [1.165, 1.54) is 13.8 Å². The number of carboxylic acids is 1.